The van der Waals surface area contributed by atoms with Gasteiger partial charge in [0, 0.05) is 6.42 Å². The van der Waals surface area contributed by atoms with E-state index in [4.69, 9.17) is 4.74 Å². The summed E-state index contributed by atoms with van der Waals surface area (Å²) in [6, 6.07) is 7.60. The van der Waals surface area contributed by atoms with E-state index in [0.29, 0.717) is 17.1 Å². The molecule has 1 aliphatic rings. The Morgan fingerprint density at radius 2 is 2.08 bits per heavy atom. The molecule has 0 aliphatic heterocycles. The van der Waals surface area contributed by atoms with E-state index in [0.717, 1.165) is 42.9 Å². The Bertz CT molecular complexity index is 846. The number of aliphatic hydroxyl groups excluding tert-OH is 1. The second-order valence-electron chi connectivity index (χ2n) is 6.23. The summed E-state index contributed by atoms with van der Waals surface area (Å²) in [6.45, 7) is 0. The molecule has 1 saturated carbocycles. The summed E-state index contributed by atoms with van der Waals surface area (Å²) < 4.78 is 6.90. The minimum Gasteiger partial charge on any atom is -0.497 e. The van der Waals surface area contributed by atoms with E-state index in [2.05, 4.69) is 20.3 Å². The molecule has 1 N–H and O–H groups in total. The minimum atomic E-state index is -0.176. The highest BCUT2D eigenvalue weighted by atomic mass is 16.5. The molecule has 3 aromatic rings. The van der Waals surface area contributed by atoms with Gasteiger partial charge < -0.3 is 9.84 Å². The van der Waals surface area contributed by atoms with Gasteiger partial charge in [0.1, 0.15) is 11.6 Å². The monoisotopic (exact) mass is 325 g/mol. The maximum Gasteiger partial charge on any atom is 0.187 e. The van der Waals surface area contributed by atoms with Crippen molar-refractivity contribution in [2.24, 2.45) is 5.92 Å². The summed E-state index contributed by atoms with van der Waals surface area (Å²) in [6.07, 6.45) is 5.05. The Balaban J connectivity index is 1.65. The van der Waals surface area contributed by atoms with E-state index in [1.807, 2.05) is 24.3 Å². The summed E-state index contributed by atoms with van der Waals surface area (Å²) >= 11 is 0. The van der Waals surface area contributed by atoms with Crippen LogP contribution in [0.1, 0.15) is 25.1 Å². The molecule has 0 spiro atoms. The van der Waals surface area contributed by atoms with Gasteiger partial charge in [-0.3, -0.25) is 0 Å². The van der Waals surface area contributed by atoms with Crippen molar-refractivity contribution in [3.05, 3.63) is 36.3 Å². The van der Waals surface area contributed by atoms with Crippen molar-refractivity contribution in [1.82, 2.24) is 25.0 Å². The van der Waals surface area contributed by atoms with Gasteiger partial charge >= 0.3 is 0 Å². The molecule has 4 rings (SSSR count). The topological polar surface area (TPSA) is 86.0 Å². The standard InChI is InChI=1S/C17H19N5O2/c1-24-14-6-3-12(4-7-14)22-17-15(20-21-22)10-18-16(19-17)9-11-2-5-13(23)8-11/h3-4,6-7,10-11,13,23H,2,5,8-9H2,1H3/t11-,13+/m0/s1. The number of aliphatic hydroxyl groups is 1. The van der Waals surface area contributed by atoms with E-state index < -0.39 is 0 Å². The Hall–Kier alpha value is -2.54. The third-order valence-electron chi connectivity index (χ3n) is 4.54. The van der Waals surface area contributed by atoms with Crippen LogP contribution < -0.4 is 4.74 Å². The number of methoxy groups -OCH3 is 1. The molecule has 2 heterocycles. The SMILES string of the molecule is COc1ccc(-n2nnc3cnc(C[C@H]4CC[C@@H](O)C4)nc32)cc1. The van der Waals surface area contributed by atoms with Crippen LogP contribution in [0.2, 0.25) is 0 Å². The summed E-state index contributed by atoms with van der Waals surface area (Å²) in [5.74, 6) is 2.01. The fraction of sp³-hybridized carbons (Fsp3) is 0.412. The predicted octanol–water partition coefficient (Wildman–Crippen LogP) is 1.92. The molecule has 1 aliphatic carbocycles. The fourth-order valence-electron chi connectivity index (χ4n) is 3.25. The lowest BCUT2D eigenvalue weighted by Gasteiger charge is -2.08. The molecule has 124 valence electrons. The average molecular weight is 325 g/mol. The Morgan fingerprint density at radius 1 is 1.25 bits per heavy atom. The van der Waals surface area contributed by atoms with Crippen molar-refractivity contribution < 1.29 is 9.84 Å². The van der Waals surface area contributed by atoms with Gasteiger partial charge in [0.05, 0.1) is 25.1 Å². The van der Waals surface area contributed by atoms with E-state index in [-0.39, 0.29) is 6.10 Å². The molecule has 2 atom stereocenters. The van der Waals surface area contributed by atoms with Gasteiger partial charge in [-0.15, -0.1) is 5.10 Å². The molecule has 0 unspecified atom stereocenters. The number of ether oxygens (including phenoxy) is 1. The van der Waals surface area contributed by atoms with Gasteiger partial charge in [-0.1, -0.05) is 5.21 Å². The van der Waals surface area contributed by atoms with E-state index in [9.17, 15) is 5.11 Å². The van der Waals surface area contributed by atoms with E-state index in [1.54, 1.807) is 18.0 Å². The zero-order valence-corrected chi connectivity index (χ0v) is 13.5. The molecule has 1 aromatic carbocycles. The number of benzene rings is 1. The van der Waals surface area contributed by atoms with Crippen LogP contribution in [0.5, 0.6) is 5.75 Å². The molecular weight excluding hydrogens is 306 g/mol. The van der Waals surface area contributed by atoms with Crippen molar-refractivity contribution >= 4 is 11.2 Å². The maximum atomic E-state index is 9.68. The first kappa shape index (κ1) is 15.0. The lowest BCUT2D eigenvalue weighted by molar-refractivity contribution is 0.177. The molecule has 2 aromatic heterocycles. The number of hydrogen-bond acceptors (Lipinski definition) is 6. The zero-order chi connectivity index (χ0) is 16.5. The van der Waals surface area contributed by atoms with Gasteiger partial charge in [-0.05, 0) is 49.4 Å². The minimum absolute atomic E-state index is 0.176. The third-order valence-corrected chi connectivity index (χ3v) is 4.54. The second kappa shape index (κ2) is 6.16. The molecule has 24 heavy (non-hydrogen) atoms. The van der Waals surface area contributed by atoms with E-state index >= 15 is 0 Å². The van der Waals surface area contributed by atoms with Crippen molar-refractivity contribution in [2.45, 2.75) is 31.8 Å². The zero-order valence-electron chi connectivity index (χ0n) is 13.5. The number of fused-ring (bicyclic) bond motifs is 1. The summed E-state index contributed by atoms with van der Waals surface area (Å²) in [4.78, 5) is 9.06. The molecule has 7 nitrogen and oxygen atoms in total. The molecule has 1 fully saturated rings. The van der Waals surface area contributed by atoms with Gasteiger partial charge in [-0.25, -0.2) is 9.97 Å². The smallest absolute Gasteiger partial charge is 0.187 e. The highest BCUT2D eigenvalue weighted by Crippen LogP contribution is 2.28. The van der Waals surface area contributed by atoms with Crippen LogP contribution in [0.25, 0.3) is 16.9 Å². The quantitative estimate of drug-likeness (QED) is 0.789. The largest absolute Gasteiger partial charge is 0.497 e. The third kappa shape index (κ3) is 2.82. The fourth-order valence-corrected chi connectivity index (χ4v) is 3.25. The van der Waals surface area contributed by atoms with Crippen LogP contribution in [0, 0.1) is 5.92 Å². The van der Waals surface area contributed by atoms with Crippen LogP contribution in [0.4, 0.5) is 0 Å². The Morgan fingerprint density at radius 3 is 2.79 bits per heavy atom. The number of hydrogen-bond donors (Lipinski definition) is 1. The molecule has 0 saturated heterocycles. The molecular formula is C17H19N5O2. The maximum absolute atomic E-state index is 9.68. The van der Waals surface area contributed by atoms with Crippen LogP contribution in [-0.2, 0) is 6.42 Å². The van der Waals surface area contributed by atoms with Gasteiger partial charge in [-0.2, -0.15) is 4.68 Å². The van der Waals surface area contributed by atoms with Gasteiger partial charge in [0.25, 0.3) is 0 Å². The van der Waals surface area contributed by atoms with Crippen molar-refractivity contribution in [1.29, 1.82) is 0 Å². The Kier molecular flexibility index (Phi) is 3.86. The van der Waals surface area contributed by atoms with Gasteiger partial charge in [0.2, 0.25) is 0 Å². The van der Waals surface area contributed by atoms with Crippen molar-refractivity contribution in [2.75, 3.05) is 7.11 Å². The molecule has 0 amide bonds. The van der Waals surface area contributed by atoms with Crippen LogP contribution in [0.3, 0.4) is 0 Å². The summed E-state index contributed by atoms with van der Waals surface area (Å²) in [5.41, 5.74) is 2.24. The molecule has 0 radical (unpaired) electrons. The Labute approximate surface area is 139 Å². The van der Waals surface area contributed by atoms with Crippen molar-refractivity contribution in [3.8, 4) is 11.4 Å². The second-order valence-corrected chi connectivity index (χ2v) is 6.23. The number of aromatic nitrogens is 5. The summed E-state index contributed by atoms with van der Waals surface area (Å²) in [7, 11) is 1.64. The molecule has 0 bridgehead atoms. The average Bonchev–Trinajstić information content (AvgIpc) is 3.21. The molecule has 7 heteroatoms. The lowest BCUT2D eigenvalue weighted by atomic mass is 10.0. The van der Waals surface area contributed by atoms with Crippen molar-refractivity contribution in [3.63, 3.8) is 0 Å². The highest BCUT2D eigenvalue weighted by molar-refractivity contribution is 5.70. The first-order valence-electron chi connectivity index (χ1n) is 8.13. The summed E-state index contributed by atoms with van der Waals surface area (Å²) in [5, 5.41) is 18.0. The van der Waals surface area contributed by atoms with Gasteiger partial charge in [0.15, 0.2) is 11.2 Å². The van der Waals surface area contributed by atoms with Crippen LogP contribution >= 0.6 is 0 Å². The van der Waals surface area contributed by atoms with Crippen LogP contribution in [-0.4, -0.2) is 43.3 Å². The first-order valence-corrected chi connectivity index (χ1v) is 8.13. The predicted molar refractivity (Wildman–Crippen MR) is 88.1 cm³/mol. The van der Waals surface area contributed by atoms with E-state index in [1.165, 1.54) is 0 Å². The number of rotatable bonds is 4. The highest BCUT2D eigenvalue weighted by Gasteiger charge is 2.24. The lowest BCUT2D eigenvalue weighted by Crippen LogP contribution is -2.07. The normalized spacial score (nSPS) is 20.6. The van der Waals surface area contributed by atoms with Crippen LogP contribution in [0.15, 0.2) is 30.5 Å². The number of nitrogens with zero attached hydrogens (tertiary/aromatic N) is 5. The first-order chi connectivity index (χ1) is 11.7.